The Bertz CT molecular complexity index is 4040. The zero-order valence-corrected chi connectivity index (χ0v) is 67.2. The summed E-state index contributed by atoms with van der Waals surface area (Å²) in [7, 11) is 0. The van der Waals surface area contributed by atoms with Crippen LogP contribution in [-0.4, -0.2) is 253 Å². The SMILES string of the molecule is CC[C@H](C)[C@H](NC(=O)[C@H](CC(C)C)NC(=O)CNC(=O)[C@@H](NC(=O)[C@H](CO)NC(=O)[C@@H](NC(=O)[C@@H](N)C(C)C)C(C)C)[C@@H](C)O)C(=O)N[C@@H](CCC(N)=O)C(=O)N[C@@H](CC(N)=O)C(=O)NCC(=O)N[C@@H](CC(=O)O)C(=O)N[C@@H](Cc1c[nH]c2ccccc12)C(=O)N[C@H](C(=O)N[C@@H](Cc1ccccc1)C(=O)N[C@@H](CCC(N)=O)C(=O)O)[C@@H](C)O. The van der Waals surface area contributed by atoms with Crippen LogP contribution in [0.3, 0.4) is 0 Å². The van der Waals surface area contributed by atoms with E-state index in [9.17, 15) is 117 Å². The average Bonchev–Trinajstić information content (AvgIpc) is 1.48. The number of aliphatic carboxylic acids is 2. The molecule has 28 N–H and O–H groups in total. The summed E-state index contributed by atoms with van der Waals surface area (Å²) in [5, 5.41) is 84.5. The first-order valence-electron chi connectivity index (χ1n) is 38.1. The summed E-state index contributed by atoms with van der Waals surface area (Å²) < 4.78 is 0. The van der Waals surface area contributed by atoms with E-state index in [-0.39, 0.29) is 31.1 Å². The largest absolute Gasteiger partial charge is 0.481 e. The third kappa shape index (κ3) is 33.9. The van der Waals surface area contributed by atoms with Crippen LogP contribution in [0.4, 0.5) is 0 Å². The molecule has 2 aromatic carbocycles. The fourth-order valence-corrected chi connectivity index (χ4v) is 11.6. The molecule has 0 unspecified atom stereocenters. The second-order valence-electron chi connectivity index (χ2n) is 29.6. The number of H-pyrrole nitrogens is 1. The number of para-hydroxylation sites is 1. The second kappa shape index (κ2) is 49.0. The summed E-state index contributed by atoms with van der Waals surface area (Å²) in [5.74, 6) is -23.9. The van der Waals surface area contributed by atoms with Gasteiger partial charge in [0.05, 0.1) is 50.8 Å². The van der Waals surface area contributed by atoms with Crippen molar-refractivity contribution in [3.63, 3.8) is 0 Å². The van der Waals surface area contributed by atoms with Gasteiger partial charge in [0.1, 0.15) is 72.5 Å². The van der Waals surface area contributed by atoms with Gasteiger partial charge < -0.3 is 128 Å². The van der Waals surface area contributed by atoms with E-state index in [0.29, 0.717) is 22.0 Å². The van der Waals surface area contributed by atoms with Crippen LogP contribution in [-0.2, 0) is 104 Å². The van der Waals surface area contributed by atoms with E-state index in [1.165, 1.54) is 13.1 Å². The number of hydrogen-bond donors (Lipinski definition) is 24. The van der Waals surface area contributed by atoms with Crippen molar-refractivity contribution < 1.29 is 117 Å². The summed E-state index contributed by atoms with van der Waals surface area (Å²) in [6.45, 7) is 12.2. The van der Waals surface area contributed by atoms with Gasteiger partial charge >= 0.3 is 11.9 Å². The summed E-state index contributed by atoms with van der Waals surface area (Å²) >= 11 is 0. The Kier molecular flexibility index (Phi) is 41.5. The molecule has 43 nitrogen and oxygen atoms in total. The Labute approximate surface area is 679 Å². The van der Waals surface area contributed by atoms with Crippen LogP contribution < -0.4 is 97.4 Å². The number of hydrogen-bond acceptors (Lipinski definition) is 23. The summed E-state index contributed by atoms with van der Waals surface area (Å²) in [4.78, 5) is 257. The number of carbonyl (C=O) groups is 19. The van der Waals surface area contributed by atoms with Gasteiger partial charge in [0, 0.05) is 42.8 Å². The van der Waals surface area contributed by atoms with Crippen LogP contribution in [0, 0.1) is 23.7 Å². The third-order valence-electron chi connectivity index (χ3n) is 18.5. The lowest BCUT2D eigenvalue weighted by Gasteiger charge is -2.29. The van der Waals surface area contributed by atoms with Gasteiger partial charge in [0.25, 0.3) is 0 Å². The number of benzene rings is 2. The quantitative estimate of drug-likeness (QED) is 0.0250. The Hall–Kier alpha value is -12.3. The second-order valence-corrected chi connectivity index (χ2v) is 29.6. The molecule has 0 aliphatic heterocycles. The molecular weight excluding hydrogens is 1550 g/mol. The monoisotopic (exact) mass is 1660 g/mol. The lowest BCUT2D eigenvalue weighted by Crippen LogP contribution is -2.62. The molecule has 43 heteroatoms. The molecule has 3 aromatic rings. The highest BCUT2D eigenvalue weighted by atomic mass is 16.4. The topological polar surface area (TPSA) is 714 Å². The zero-order valence-electron chi connectivity index (χ0n) is 67.2. The van der Waals surface area contributed by atoms with Crippen LogP contribution in [0.5, 0.6) is 0 Å². The molecule has 0 aliphatic carbocycles. The number of nitrogens with one attached hydrogen (secondary N) is 15. The Morgan fingerprint density at radius 1 is 0.415 bits per heavy atom. The van der Waals surface area contributed by atoms with Crippen molar-refractivity contribution in [3.8, 4) is 0 Å². The van der Waals surface area contributed by atoms with Crippen molar-refractivity contribution in [2.24, 2.45) is 46.6 Å². The predicted octanol–water partition coefficient (Wildman–Crippen LogP) is -7.55. The Balaban J connectivity index is 1.85. The minimum absolute atomic E-state index is 0.0956. The molecule has 16 atom stereocenters. The number of aliphatic hydroxyl groups excluding tert-OH is 3. The van der Waals surface area contributed by atoms with Crippen molar-refractivity contribution in [2.75, 3.05) is 19.7 Å². The number of primary amides is 3. The van der Waals surface area contributed by atoms with Gasteiger partial charge in [-0.3, -0.25) is 86.3 Å². The van der Waals surface area contributed by atoms with Crippen LogP contribution in [0.15, 0.2) is 60.8 Å². The molecule has 17 amide bonds. The molecule has 652 valence electrons. The molecule has 0 radical (unpaired) electrons. The van der Waals surface area contributed by atoms with Gasteiger partial charge in [0.2, 0.25) is 100 Å². The number of amides is 17. The first-order chi connectivity index (χ1) is 55.3. The van der Waals surface area contributed by atoms with Gasteiger partial charge in [0.15, 0.2) is 0 Å². The lowest BCUT2D eigenvalue weighted by atomic mass is 9.96. The zero-order chi connectivity index (χ0) is 89.1. The number of aliphatic hydroxyl groups is 3. The van der Waals surface area contributed by atoms with Gasteiger partial charge in [-0.25, -0.2) is 4.79 Å². The molecule has 1 heterocycles. The highest BCUT2D eigenvalue weighted by Crippen LogP contribution is 2.21. The standard InChI is InChI=1S/C75H113N19O24/c1-11-37(8)60(92-67(109)46(25-34(2)3)83-56(102)32-82-71(113)61(38(9)96)93-69(111)51(33-95)90-72(114)59(36(6)7)91-70(112)58(79)35(4)5)73(115)85-44(21-23-52(76)98)64(106)88-49(28-54(78)100)63(105)81-31-55(101)84-50(29-57(103)104)66(108)87-48(27-41-30-80-43-20-16-15-19-42(41)43)68(110)94-62(39(10)97)74(116)89-47(26-40-17-13-12-14-18-40)65(107)86-45(75(117)118)22-24-53(77)99/h12-20,30,34-39,44-51,58-62,80,95-97H,11,21-29,31-33,79H2,1-10H3,(H2,76,98)(H2,77,99)(H2,78,100)(H,81,105)(H,82,113)(H,83,102)(H,84,101)(H,85,115)(H,86,107)(H,87,108)(H,88,106)(H,89,116)(H,90,114)(H,91,112)(H,92,109)(H,93,111)(H,94,110)(H,103,104)(H,117,118)/t37-,38+,39+,44-,45-,46-,47-,48-,49-,50-,51-,58-,59-,60-,61-,62-/m0/s1. The number of rotatable bonds is 52. The van der Waals surface area contributed by atoms with Gasteiger partial charge in [-0.05, 0) is 74.0 Å². The molecule has 0 spiro atoms. The molecule has 0 saturated carbocycles. The van der Waals surface area contributed by atoms with Crippen LogP contribution in [0.1, 0.15) is 132 Å². The van der Waals surface area contributed by atoms with E-state index in [2.05, 4.69) is 79.4 Å². The van der Waals surface area contributed by atoms with Crippen molar-refractivity contribution >= 4 is 123 Å². The molecule has 0 bridgehead atoms. The van der Waals surface area contributed by atoms with E-state index >= 15 is 0 Å². The van der Waals surface area contributed by atoms with E-state index < -0.39 is 280 Å². The smallest absolute Gasteiger partial charge is 0.326 e. The first kappa shape index (κ1) is 99.9. The van der Waals surface area contributed by atoms with Crippen LogP contribution in [0.2, 0.25) is 0 Å². The number of fused-ring (bicyclic) bond motifs is 1. The molecule has 1 aromatic heterocycles. The van der Waals surface area contributed by atoms with Crippen molar-refractivity contribution in [2.45, 2.75) is 224 Å². The van der Waals surface area contributed by atoms with Crippen LogP contribution in [0.25, 0.3) is 10.9 Å². The number of aromatic nitrogens is 1. The fourth-order valence-electron chi connectivity index (χ4n) is 11.6. The number of carboxylic acids is 2. The van der Waals surface area contributed by atoms with Crippen LogP contribution >= 0.6 is 0 Å². The van der Waals surface area contributed by atoms with Gasteiger partial charge in [-0.2, -0.15) is 0 Å². The highest BCUT2D eigenvalue weighted by molar-refractivity contribution is 6.01. The third-order valence-corrected chi connectivity index (χ3v) is 18.5. The Morgan fingerprint density at radius 3 is 1.36 bits per heavy atom. The number of aromatic amines is 1. The van der Waals surface area contributed by atoms with Gasteiger partial charge in [-0.15, -0.1) is 0 Å². The maximum Gasteiger partial charge on any atom is 0.326 e. The molecule has 0 fully saturated rings. The van der Waals surface area contributed by atoms with Crippen molar-refractivity contribution in [3.05, 3.63) is 71.9 Å². The molecule has 0 saturated heterocycles. The number of carbonyl (C=O) groups excluding carboxylic acids is 17. The van der Waals surface area contributed by atoms with E-state index in [4.69, 9.17) is 22.9 Å². The minimum Gasteiger partial charge on any atom is -0.481 e. The summed E-state index contributed by atoms with van der Waals surface area (Å²) in [5.41, 5.74) is 23.4. The summed E-state index contributed by atoms with van der Waals surface area (Å²) in [6.07, 6.45) is -6.89. The Morgan fingerprint density at radius 2 is 0.839 bits per heavy atom. The lowest BCUT2D eigenvalue weighted by molar-refractivity contribution is -0.143. The van der Waals surface area contributed by atoms with Crippen molar-refractivity contribution in [1.82, 2.24) is 79.4 Å². The fraction of sp³-hybridized carbons (Fsp3) is 0.560. The molecule has 118 heavy (non-hydrogen) atoms. The number of carboxylic acid groups (broad SMARTS) is 2. The van der Waals surface area contributed by atoms with Gasteiger partial charge in [-0.1, -0.05) is 110 Å². The van der Waals surface area contributed by atoms with Crippen molar-refractivity contribution in [1.29, 1.82) is 0 Å². The maximum atomic E-state index is 14.6. The number of nitrogens with two attached hydrogens (primary N) is 4. The normalized spacial score (nSPS) is 15.3. The molecule has 3 rings (SSSR count). The average molecular weight is 1660 g/mol. The van der Waals surface area contributed by atoms with E-state index in [1.54, 1.807) is 103 Å². The highest BCUT2D eigenvalue weighted by Gasteiger charge is 2.40. The van der Waals surface area contributed by atoms with E-state index in [1.807, 2.05) is 0 Å². The molecule has 0 aliphatic rings. The first-order valence-corrected chi connectivity index (χ1v) is 38.1. The molecular formula is C75H113N19O24. The van der Waals surface area contributed by atoms with E-state index in [0.717, 1.165) is 13.8 Å². The summed E-state index contributed by atoms with van der Waals surface area (Å²) in [6, 6.07) is -7.01. The minimum atomic E-state index is -2.09. The predicted molar refractivity (Wildman–Crippen MR) is 419 cm³/mol. The maximum absolute atomic E-state index is 14.6.